The minimum atomic E-state index is -0.214. The molecular formula is C19H19ClN4O. The van der Waals surface area contributed by atoms with E-state index >= 15 is 0 Å². The second-order valence-electron chi connectivity index (χ2n) is 6.01. The molecule has 0 saturated carbocycles. The van der Waals surface area contributed by atoms with Crippen molar-refractivity contribution in [1.82, 2.24) is 15.0 Å². The molecule has 0 bridgehead atoms. The number of carbonyl (C=O) groups is 1. The van der Waals surface area contributed by atoms with Gasteiger partial charge in [-0.2, -0.15) is 5.10 Å². The summed E-state index contributed by atoms with van der Waals surface area (Å²) in [5, 5.41) is 4.58. The van der Waals surface area contributed by atoms with Crippen LogP contribution < -0.4 is 5.43 Å². The van der Waals surface area contributed by atoms with Crippen molar-refractivity contribution in [3.63, 3.8) is 0 Å². The first-order valence-corrected chi connectivity index (χ1v) is 8.45. The molecule has 1 aromatic heterocycles. The highest BCUT2D eigenvalue weighted by Crippen LogP contribution is 2.21. The molecule has 5 nitrogen and oxygen atoms in total. The van der Waals surface area contributed by atoms with Crippen LogP contribution in [-0.2, 0) is 11.3 Å². The zero-order valence-electron chi connectivity index (χ0n) is 14.1. The maximum Gasteiger partial charge on any atom is 0.260 e. The summed E-state index contributed by atoms with van der Waals surface area (Å²) < 4.78 is 1.93. The normalized spacial score (nSPS) is 11.5. The van der Waals surface area contributed by atoms with Crippen LogP contribution in [-0.4, -0.2) is 21.7 Å². The molecule has 2 aromatic carbocycles. The van der Waals surface area contributed by atoms with Crippen LogP contribution in [0.1, 0.15) is 31.2 Å². The van der Waals surface area contributed by atoms with Gasteiger partial charge in [-0.1, -0.05) is 55.8 Å². The van der Waals surface area contributed by atoms with Crippen LogP contribution in [0, 0.1) is 0 Å². The summed E-state index contributed by atoms with van der Waals surface area (Å²) in [5.41, 5.74) is 5.13. The number of nitrogens with one attached hydrogen (secondary N) is 1. The molecule has 128 valence electrons. The lowest BCUT2D eigenvalue weighted by atomic mass is 10.2. The van der Waals surface area contributed by atoms with Crippen LogP contribution >= 0.6 is 11.6 Å². The van der Waals surface area contributed by atoms with E-state index in [9.17, 15) is 4.79 Å². The molecule has 0 unspecified atom stereocenters. The lowest BCUT2D eigenvalue weighted by Gasteiger charge is -2.10. The van der Waals surface area contributed by atoms with E-state index < -0.39 is 0 Å². The Bertz CT molecular complexity index is 930. The van der Waals surface area contributed by atoms with Gasteiger partial charge in [0.15, 0.2) is 0 Å². The quantitative estimate of drug-likeness (QED) is 0.557. The average molecular weight is 355 g/mol. The third kappa shape index (κ3) is 3.88. The van der Waals surface area contributed by atoms with Crippen molar-refractivity contribution >= 4 is 34.8 Å². The Hall–Kier alpha value is -2.66. The number of hydrazone groups is 1. The van der Waals surface area contributed by atoms with Crippen LogP contribution in [0.3, 0.4) is 0 Å². The van der Waals surface area contributed by atoms with Crippen molar-refractivity contribution in [1.29, 1.82) is 0 Å². The molecule has 3 aromatic rings. The zero-order chi connectivity index (χ0) is 17.8. The molecule has 0 spiro atoms. The topological polar surface area (TPSA) is 59.3 Å². The van der Waals surface area contributed by atoms with Crippen LogP contribution in [0.25, 0.3) is 11.0 Å². The Morgan fingerprint density at radius 2 is 1.96 bits per heavy atom. The third-order valence-corrected chi connectivity index (χ3v) is 4.14. The highest BCUT2D eigenvalue weighted by atomic mass is 35.5. The maximum absolute atomic E-state index is 12.3. The average Bonchev–Trinajstić information content (AvgIpc) is 2.96. The van der Waals surface area contributed by atoms with Gasteiger partial charge in [0.05, 0.1) is 17.2 Å². The number of amides is 1. The molecule has 1 amide bonds. The molecule has 1 N–H and O–H groups in total. The molecule has 1 heterocycles. The number of para-hydroxylation sites is 2. The molecule has 0 saturated heterocycles. The van der Waals surface area contributed by atoms with Gasteiger partial charge in [0.2, 0.25) is 0 Å². The largest absolute Gasteiger partial charge is 0.318 e. The van der Waals surface area contributed by atoms with Crippen molar-refractivity contribution in [3.05, 3.63) is 64.9 Å². The number of fused-ring (bicyclic) bond motifs is 1. The second kappa shape index (κ2) is 7.49. The standard InChI is InChI=1S/C19H19ClN4O/c1-13(2)19-22-16-9-5-6-10-17(16)24(19)12-18(25)23-21-11-14-7-3-4-8-15(14)20/h3-11,13H,12H2,1-2H3,(H,23,25)/b21-11+. The van der Waals surface area contributed by atoms with E-state index in [0.29, 0.717) is 5.02 Å². The maximum atomic E-state index is 12.3. The van der Waals surface area contributed by atoms with E-state index in [1.54, 1.807) is 6.07 Å². The van der Waals surface area contributed by atoms with E-state index in [1.165, 1.54) is 6.21 Å². The van der Waals surface area contributed by atoms with E-state index in [0.717, 1.165) is 22.4 Å². The molecule has 0 aliphatic rings. The number of benzene rings is 2. The molecule has 0 aliphatic carbocycles. The highest BCUT2D eigenvalue weighted by Gasteiger charge is 2.15. The lowest BCUT2D eigenvalue weighted by Crippen LogP contribution is -2.24. The Morgan fingerprint density at radius 1 is 1.24 bits per heavy atom. The SMILES string of the molecule is CC(C)c1nc2ccccc2n1CC(=O)N/N=C/c1ccccc1Cl. The molecule has 0 aliphatic heterocycles. The Labute approximate surface area is 151 Å². The molecule has 0 atom stereocenters. The first-order valence-electron chi connectivity index (χ1n) is 8.08. The van der Waals surface area contributed by atoms with Gasteiger partial charge in [-0.3, -0.25) is 4.79 Å². The summed E-state index contributed by atoms with van der Waals surface area (Å²) in [4.78, 5) is 16.9. The van der Waals surface area contributed by atoms with E-state index in [4.69, 9.17) is 11.6 Å². The predicted octanol–water partition coefficient (Wildman–Crippen LogP) is 3.96. The minimum absolute atomic E-state index is 0.161. The number of rotatable bonds is 5. The molecule has 3 rings (SSSR count). The molecule has 0 fully saturated rings. The molecule has 25 heavy (non-hydrogen) atoms. The first-order chi connectivity index (χ1) is 12.1. The number of aromatic nitrogens is 2. The number of halogens is 1. The predicted molar refractivity (Wildman–Crippen MR) is 101 cm³/mol. The lowest BCUT2D eigenvalue weighted by molar-refractivity contribution is -0.121. The number of imidazole rings is 1. The fourth-order valence-corrected chi connectivity index (χ4v) is 2.82. The summed E-state index contributed by atoms with van der Waals surface area (Å²) in [6.07, 6.45) is 1.54. The van der Waals surface area contributed by atoms with Crippen molar-refractivity contribution in [2.24, 2.45) is 5.10 Å². The molecule has 6 heteroatoms. The van der Waals surface area contributed by atoms with Gasteiger partial charge in [0, 0.05) is 16.5 Å². The fourth-order valence-electron chi connectivity index (χ4n) is 2.63. The summed E-state index contributed by atoms with van der Waals surface area (Å²) in [7, 11) is 0. The zero-order valence-corrected chi connectivity index (χ0v) is 14.9. The number of carbonyl (C=O) groups excluding carboxylic acids is 1. The summed E-state index contributed by atoms with van der Waals surface area (Å²) in [6, 6.07) is 15.1. The van der Waals surface area contributed by atoms with Crippen molar-refractivity contribution in [2.45, 2.75) is 26.3 Å². The van der Waals surface area contributed by atoms with Gasteiger partial charge < -0.3 is 4.57 Å². The van der Waals surface area contributed by atoms with Gasteiger partial charge in [-0.05, 0) is 18.2 Å². The smallest absolute Gasteiger partial charge is 0.260 e. The Morgan fingerprint density at radius 3 is 2.72 bits per heavy atom. The van der Waals surface area contributed by atoms with Crippen LogP contribution in [0.15, 0.2) is 53.6 Å². The monoisotopic (exact) mass is 354 g/mol. The number of hydrogen-bond acceptors (Lipinski definition) is 3. The van der Waals surface area contributed by atoms with E-state index in [-0.39, 0.29) is 18.4 Å². The van der Waals surface area contributed by atoms with Gasteiger partial charge in [-0.15, -0.1) is 0 Å². The molecule has 0 radical (unpaired) electrons. The van der Waals surface area contributed by atoms with Crippen molar-refractivity contribution in [3.8, 4) is 0 Å². The van der Waals surface area contributed by atoms with Crippen LogP contribution in [0.5, 0.6) is 0 Å². The highest BCUT2D eigenvalue weighted by molar-refractivity contribution is 6.33. The van der Waals surface area contributed by atoms with Gasteiger partial charge >= 0.3 is 0 Å². The summed E-state index contributed by atoms with van der Waals surface area (Å²) in [5.74, 6) is 0.881. The van der Waals surface area contributed by atoms with Crippen LogP contribution in [0.2, 0.25) is 5.02 Å². The van der Waals surface area contributed by atoms with Gasteiger partial charge in [0.25, 0.3) is 5.91 Å². The minimum Gasteiger partial charge on any atom is -0.318 e. The second-order valence-corrected chi connectivity index (χ2v) is 6.42. The fraction of sp³-hybridized carbons (Fsp3) is 0.211. The Kier molecular flexibility index (Phi) is 5.14. The first kappa shape index (κ1) is 17.2. The number of hydrogen-bond donors (Lipinski definition) is 1. The summed E-state index contributed by atoms with van der Waals surface area (Å²) in [6.45, 7) is 4.28. The third-order valence-electron chi connectivity index (χ3n) is 3.80. The Balaban J connectivity index is 1.76. The van der Waals surface area contributed by atoms with Gasteiger partial charge in [-0.25, -0.2) is 10.4 Å². The summed E-state index contributed by atoms with van der Waals surface area (Å²) >= 11 is 6.06. The van der Waals surface area contributed by atoms with E-state index in [1.807, 2.05) is 47.0 Å². The van der Waals surface area contributed by atoms with Crippen molar-refractivity contribution < 1.29 is 4.79 Å². The number of nitrogens with zero attached hydrogens (tertiary/aromatic N) is 3. The van der Waals surface area contributed by atoms with Gasteiger partial charge in [0.1, 0.15) is 12.4 Å². The van der Waals surface area contributed by atoms with E-state index in [2.05, 4.69) is 29.4 Å². The van der Waals surface area contributed by atoms with Crippen LogP contribution in [0.4, 0.5) is 0 Å². The molecular weight excluding hydrogens is 336 g/mol. The van der Waals surface area contributed by atoms with Crippen molar-refractivity contribution in [2.75, 3.05) is 0 Å².